The largest absolute Gasteiger partial charge is 0.334 e. The van der Waals surface area contributed by atoms with Crippen molar-refractivity contribution in [1.82, 2.24) is 10.1 Å². The Hall–Kier alpha value is -0.980. The number of rotatable bonds is 3. The first-order valence-electron chi connectivity index (χ1n) is 6.64. The maximum Gasteiger partial charge on any atom is 0.257 e. The molecule has 0 spiro atoms. The van der Waals surface area contributed by atoms with E-state index in [9.17, 15) is 0 Å². The van der Waals surface area contributed by atoms with Crippen LogP contribution in [0.1, 0.15) is 23.6 Å². The minimum Gasteiger partial charge on any atom is -0.334 e. The maximum absolute atomic E-state index is 5.60. The van der Waals surface area contributed by atoms with E-state index in [1.807, 2.05) is 47.8 Å². The van der Waals surface area contributed by atoms with Gasteiger partial charge in [0.25, 0.3) is 5.89 Å². The number of benzene rings is 1. The van der Waals surface area contributed by atoms with E-state index in [4.69, 9.17) is 10.3 Å². The summed E-state index contributed by atoms with van der Waals surface area (Å²) in [5.74, 6) is 3.75. The average Bonchev–Trinajstić information content (AvgIpc) is 2.97. The van der Waals surface area contributed by atoms with Gasteiger partial charge in [0.1, 0.15) is 0 Å². The molecule has 2 aromatic rings. The zero-order valence-electron chi connectivity index (χ0n) is 11.3. The fourth-order valence-electron chi connectivity index (χ4n) is 2.17. The van der Waals surface area contributed by atoms with Crippen LogP contribution in [0.4, 0.5) is 0 Å². The number of nitrogens with two attached hydrogens (primary N) is 1. The van der Waals surface area contributed by atoms with E-state index in [1.165, 1.54) is 5.75 Å². The van der Waals surface area contributed by atoms with Crippen molar-refractivity contribution in [2.75, 3.05) is 11.5 Å². The van der Waals surface area contributed by atoms with Crippen molar-refractivity contribution in [2.24, 2.45) is 5.73 Å². The van der Waals surface area contributed by atoms with E-state index in [-0.39, 0.29) is 0 Å². The van der Waals surface area contributed by atoms with Gasteiger partial charge in [-0.25, -0.2) is 0 Å². The van der Waals surface area contributed by atoms with Crippen LogP contribution in [-0.4, -0.2) is 26.9 Å². The lowest BCUT2D eigenvalue weighted by Crippen LogP contribution is -2.16. The van der Waals surface area contributed by atoms with Gasteiger partial charge in [-0.3, -0.25) is 0 Å². The van der Waals surface area contributed by atoms with E-state index < -0.39 is 0 Å². The molecule has 1 fully saturated rings. The summed E-state index contributed by atoms with van der Waals surface area (Å²) in [7, 11) is 0. The van der Waals surface area contributed by atoms with Gasteiger partial charge >= 0.3 is 0 Å². The third-order valence-electron chi connectivity index (χ3n) is 3.32. The van der Waals surface area contributed by atoms with Gasteiger partial charge in [0.05, 0.1) is 5.25 Å². The zero-order valence-corrected chi connectivity index (χ0v) is 12.9. The van der Waals surface area contributed by atoms with Gasteiger partial charge in [-0.1, -0.05) is 24.2 Å². The van der Waals surface area contributed by atoms with Crippen molar-refractivity contribution >= 4 is 23.5 Å². The molecule has 2 atom stereocenters. The molecule has 2 unspecified atom stereocenters. The Morgan fingerprint density at radius 2 is 2.00 bits per heavy atom. The summed E-state index contributed by atoms with van der Waals surface area (Å²) in [6.45, 7) is 2.77. The van der Waals surface area contributed by atoms with Gasteiger partial charge in [-0.15, -0.1) is 11.8 Å². The number of nitrogens with zero attached hydrogens (tertiary/aromatic N) is 2. The molecule has 2 heterocycles. The Balaban J connectivity index is 1.81. The Morgan fingerprint density at radius 3 is 2.70 bits per heavy atom. The maximum atomic E-state index is 5.60. The minimum absolute atomic E-state index is 0.328. The second kappa shape index (κ2) is 6.20. The van der Waals surface area contributed by atoms with Crippen molar-refractivity contribution in [3.05, 3.63) is 35.7 Å². The van der Waals surface area contributed by atoms with Gasteiger partial charge in [0.2, 0.25) is 0 Å². The van der Waals surface area contributed by atoms with Crippen LogP contribution in [0.15, 0.2) is 28.8 Å². The molecule has 0 radical (unpaired) electrons. The molecule has 6 heteroatoms. The van der Waals surface area contributed by atoms with Crippen molar-refractivity contribution in [3.63, 3.8) is 0 Å². The Morgan fingerprint density at radius 1 is 1.25 bits per heavy atom. The SMILES string of the molecule is CC1SCCSC1c1noc(-c2ccc(CN)cc2)n1. The monoisotopic (exact) mass is 307 g/mol. The standard InChI is InChI=1S/C14H17N3OS2/c1-9-12(20-7-6-19-9)13-16-14(18-17-13)11-4-2-10(8-15)3-5-11/h2-5,9,12H,6-8,15H2,1H3. The lowest BCUT2D eigenvalue weighted by atomic mass is 10.1. The smallest absolute Gasteiger partial charge is 0.257 e. The first-order chi connectivity index (χ1) is 9.78. The second-order valence-corrected chi connectivity index (χ2v) is 7.46. The summed E-state index contributed by atoms with van der Waals surface area (Å²) in [5.41, 5.74) is 7.64. The molecule has 1 aromatic carbocycles. The number of thioether (sulfide) groups is 2. The van der Waals surface area contributed by atoms with Crippen LogP contribution in [0.3, 0.4) is 0 Å². The molecule has 2 N–H and O–H groups in total. The Kier molecular flexibility index (Phi) is 4.33. The van der Waals surface area contributed by atoms with E-state index in [2.05, 4.69) is 17.1 Å². The number of hydrogen-bond donors (Lipinski definition) is 1. The van der Waals surface area contributed by atoms with Gasteiger partial charge < -0.3 is 10.3 Å². The van der Waals surface area contributed by atoms with Crippen molar-refractivity contribution in [1.29, 1.82) is 0 Å². The van der Waals surface area contributed by atoms with E-state index in [0.29, 0.717) is 22.9 Å². The number of aromatic nitrogens is 2. The molecule has 0 aliphatic carbocycles. The molecule has 0 amide bonds. The molecule has 1 aliphatic rings. The number of hydrogen-bond acceptors (Lipinski definition) is 6. The van der Waals surface area contributed by atoms with E-state index >= 15 is 0 Å². The van der Waals surface area contributed by atoms with Crippen LogP contribution < -0.4 is 5.73 Å². The van der Waals surface area contributed by atoms with Crippen LogP contribution in [0, 0.1) is 0 Å². The third-order valence-corrected chi connectivity index (χ3v) is 6.41. The topological polar surface area (TPSA) is 64.9 Å². The Labute approximate surface area is 126 Å². The fourth-order valence-corrected chi connectivity index (χ4v) is 4.85. The summed E-state index contributed by atoms with van der Waals surface area (Å²) in [6, 6.07) is 7.94. The molecule has 1 aromatic heterocycles. The van der Waals surface area contributed by atoms with E-state index in [0.717, 1.165) is 22.7 Å². The van der Waals surface area contributed by atoms with Crippen molar-refractivity contribution < 1.29 is 4.52 Å². The summed E-state index contributed by atoms with van der Waals surface area (Å²) in [5, 5.41) is 5.02. The summed E-state index contributed by atoms with van der Waals surface area (Å²) in [4.78, 5) is 4.57. The summed E-state index contributed by atoms with van der Waals surface area (Å²) >= 11 is 3.89. The predicted molar refractivity (Wildman–Crippen MR) is 84.7 cm³/mol. The fraction of sp³-hybridized carbons (Fsp3) is 0.429. The Bertz CT molecular complexity index is 570. The highest BCUT2D eigenvalue weighted by molar-refractivity contribution is 8.06. The van der Waals surface area contributed by atoms with Crippen LogP contribution in [0.2, 0.25) is 0 Å². The van der Waals surface area contributed by atoms with Gasteiger partial charge in [-0.05, 0) is 17.7 Å². The molecule has 0 bridgehead atoms. The molecule has 106 valence electrons. The molecule has 20 heavy (non-hydrogen) atoms. The average molecular weight is 307 g/mol. The summed E-state index contributed by atoms with van der Waals surface area (Å²) in [6.07, 6.45) is 0. The first-order valence-corrected chi connectivity index (χ1v) is 8.74. The molecule has 0 saturated carbocycles. The van der Waals surface area contributed by atoms with Crippen LogP contribution in [0.5, 0.6) is 0 Å². The molecular formula is C14H17N3OS2. The molecule has 1 aliphatic heterocycles. The molecular weight excluding hydrogens is 290 g/mol. The van der Waals surface area contributed by atoms with Gasteiger partial charge in [0.15, 0.2) is 5.82 Å². The molecule has 1 saturated heterocycles. The van der Waals surface area contributed by atoms with Gasteiger partial charge in [-0.2, -0.15) is 16.7 Å². The van der Waals surface area contributed by atoms with Crippen LogP contribution in [-0.2, 0) is 6.54 Å². The van der Waals surface area contributed by atoms with Crippen LogP contribution >= 0.6 is 23.5 Å². The lowest BCUT2D eigenvalue weighted by molar-refractivity contribution is 0.422. The normalized spacial score (nSPS) is 22.9. The molecule has 3 rings (SSSR count). The molecule has 4 nitrogen and oxygen atoms in total. The van der Waals surface area contributed by atoms with Crippen molar-refractivity contribution in [2.45, 2.75) is 24.0 Å². The van der Waals surface area contributed by atoms with Gasteiger partial charge in [0, 0.05) is 28.9 Å². The quantitative estimate of drug-likeness (QED) is 0.940. The lowest BCUT2D eigenvalue weighted by Gasteiger charge is -2.24. The predicted octanol–water partition coefficient (Wildman–Crippen LogP) is 3.10. The minimum atomic E-state index is 0.328. The van der Waals surface area contributed by atoms with E-state index in [1.54, 1.807) is 0 Å². The first kappa shape index (κ1) is 14.0. The zero-order chi connectivity index (χ0) is 13.9. The second-order valence-electron chi connectivity index (χ2n) is 4.73. The highest BCUT2D eigenvalue weighted by Crippen LogP contribution is 2.41. The highest BCUT2D eigenvalue weighted by atomic mass is 32.2. The highest BCUT2D eigenvalue weighted by Gasteiger charge is 2.28. The van der Waals surface area contributed by atoms with Crippen LogP contribution in [0.25, 0.3) is 11.5 Å². The summed E-state index contributed by atoms with van der Waals surface area (Å²) < 4.78 is 5.41. The van der Waals surface area contributed by atoms with Crippen molar-refractivity contribution in [3.8, 4) is 11.5 Å². The third kappa shape index (κ3) is 2.87.